The summed E-state index contributed by atoms with van der Waals surface area (Å²) in [7, 11) is 0. The van der Waals surface area contributed by atoms with Gasteiger partial charge in [0.05, 0.1) is 18.5 Å². The van der Waals surface area contributed by atoms with Crippen LogP contribution in [0, 0.1) is 5.82 Å². The highest BCUT2D eigenvalue weighted by Crippen LogP contribution is 2.43. The molecule has 13 heteroatoms. The highest BCUT2D eigenvalue weighted by Gasteiger charge is 2.30. The molecule has 0 saturated heterocycles. The molecule has 2 aromatic carbocycles. The predicted molar refractivity (Wildman–Crippen MR) is 134 cm³/mol. The second-order valence-corrected chi connectivity index (χ2v) is 9.79. The first kappa shape index (κ1) is 24.5. The SMILES string of the molecule is NC(=O)Oc1c(NC(=O)Cc2ccc(Cl)cc2F)sc2c1CCN(C(=O)c1ccc3[nH]c(=O)oc3c1)C2. The fraction of sp³-hybridized carbons (Fsp3) is 0.167. The summed E-state index contributed by atoms with van der Waals surface area (Å²) in [5.74, 6) is -1.95. The number of aromatic nitrogens is 1. The average molecular weight is 545 g/mol. The van der Waals surface area contributed by atoms with Crippen molar-refractivity contribution in [3.05, 3.63) is 79.4 Å². The van der Waals surface area contributed by atoms with E-state index in [4.69, 9.17) is 26.5 Å². The number of aromatic amines is 1. The van der Waals surface area contributed by atoms with E-state index in [-0.39, 0.29) is 45.8 Å². The Balaban J connectivity index is 1.37. The molecule has 1 aliphatic heterocycles. The number of carbonyl (C=O) groups is 3. The maximum atomic E-state index is 14.1. The number of rotatable bonds is 5. The zero-order valence-corrected chi connectivity index (χ0v) is 20.5. The van der Waals surface area contributed by atoms with E-state index in [0.29, 0.717) is 34.5 Å². The van der Waals surface area contributed by atoms with Crippen LogP contribution in [-0.4, -0.2) is 34.3 Å². The zero-order valence-electron chi connectivity index (χ0n) is 18.9. The summed E-state index contributed by atoms with van der Waals surface area (Å²) in [6, 6.07) is 8.67. The van der Waals surface area contributed by atoms with Gasteiger partial charge in [0.25, 0.3) is 5.91 Å². The third-order valence-electron chi connectivity index (χ3n) is 5.79. The van der Waals surface area contributed by atoms with E-state index in [1.165, 1.54) is 18.2 Å². The van der Waals surface area contributed by atoms with Crippen LogP contribution in [-0.2, 0) is 24.2 Å². The third kappa shape index (κ3) is 5.06. The van der Waals surface area contributed by atoms with Crippen molar-refractivity contribution < 1.29 is 27.9 Å². The second kappa shape index (κ2) is 9.71. The molecule has 0 bridgehead atoms. The molecule has 0 atom stereocenters. The highest BCUT2D eigenvalue weighted by atomic mass is 35.5. The molecule has 4 N–H and O–H groups in total. The molecule has 0 aliphatic carbocycles. The summed E-state index contributed by atoms with van der Waals surface area (Å²) in [6.07, 6.45) is -0.993. The monoisotopic (exact) mass is 544 g/mol. The quantitative estimate of drug-likeness (QED) is 0.348. The van der Waals surface area contributed by atoms with Gasteiger partial charge in [0, 0.05) is 27.6 Å². The lowest BCUT2D eigenvalue weighted by Gasteiger charge is -2.27. The van der Waals surface area contributed by atoms with Gasteiger partial charge in [-0.1, -0.05) is 17.7 Å². The van der Waals surface area contributed by atoms with E-state index >= 15 is 0 Å². The van der Waals surface area contributed by atoms with Crippen LogP contribution in [0.15, 0.2) is 45.6 Å². The Kier molecular flexibility index (Phi) is 6.44. The molecule has 2 aromatic heterocycles. The molecular formula is C24H18ClFN4O6S. The van der Waals surface area contributed by atoms with E-state index < -0.39 is 23.6 Å². The molecule has 1 aliphatic rings. The number of nitrogens with two attached hydrogens (primary N) is 1. The number of anilines is 1. The van der Waals surface area contributed by atoms with Gasteiger partial charge in [-0.3, -0.25) is 14.6 Å². The van der Waals surface area contributed by atoms with E-state index in [2.05, 4.69) is 10.3 Å². The molecular weight excluding hydrogens is 527 g/mol. The number of ether oxygens (including phenoxy) is 1. The third-order valence-corrected chi connectivity index (χ3v) is 7.13. The van der Waals surface area contributed by atoms with Gasteiger partial charge in [0.2, 0.25) is 5.91 Å². The van der Waals surface area contributed by atoms with Crippen LogP contribution in [0.1, 0.15) is 26.4 Å². The van der Waals surface area contributed by atoms with Crippen LogP contribution in [0.3, 0.4) is 0 Å². The number of thiophene rings is 1. The van der Waals surface area contributed by atoms with Crippen LogP contribution < -0.4 is 21.5 Å². The minimum absolute atomic E-state index is 0.111. The lowest BCUT2D eigenvalue weighted by Crippen LogP contribution is -2.35. The number of H-pyrrole nitrogens is 1. The first-order valence-corrected chi connectivity index (χ1v) is 12.1. The molecule has 10 nitrogen and oxygen atoms in total. The number of fused-ring (bicyclic) bond motifs is 2. The Hall–Kier alpha value is -4.16. The summed E-state index contributed by atoms with van der Waals surface area (Å²) in [6.45, 7) is 0.487. The number of nitrogens with one attached hydrogen (secondary N) is 2. The number of benzene rings is 2. The molecule has 0 fully saturated rings. The van der Waals surface area contributed by atoms with E-state index in [0.717, 1.165) is 17.4 Å². The molecule has 0 unspecified atom stereocenters. The smallest absolute Gasteiger partial charge is 0.408 e. The number of nitrogens with zero attached hydrogens (tertiary/aromatic N) is 1. The van der Waals surface area contributed by atoms with E-state index in [9.17, 15) is 23.6 Å². The largest absolute Gasteiger partial charge is 0.417 e. The fourth-order valence-corrected chi connectivity index (χ4v) is 5.47. The van der Waals surface area contributed by atoms with Crippen molar-refractivity contribution in [2.45, 2.75) is 19.4 Å². The molecule has 0 spiro atoms. The van der Waals surface area contributed by atoms with Crippen molar-refractivity contribution in [3.8, 4) is 5.75 Å². The normalized spacial score (nSPS) is 12.9. The molecule has 5 rings (SSSR count). The minimum atomic E-state index is -1.06. The van der Waals surface area contributed by atoms with Gasteiger partial charge >= 0.3 is 11.8 Å². The van der Waals surface area contributed by atoms with Gasteiger partial charge in [-0.05, 0) is 42.3 Å². The number of oxazole rings is 1. The van der Waals surface area contributed by atoms with Crippen molar-refractivity contribution >= 4 is 56.9 Å². The standard InChI is InChI=1S/C24H18ClFN4O6S/c25-13-3-1-11(15(26)9-13)8-19(31)29-21-20(36-23(27)33)14-5-6-30(10-18(14)37-21)22(32)12-2-4-16-17(7-12)35-24(34)28-16/h1-4,7,9H,5-6,8,10H2,(H2,27,33)(H,28,34)(H,29,31). The van der Waals surface area contributed by atoms with E-state index in [1.807, 2.05) is 0 Å². The molecule has 3 amide bonds. The molecule has 4 aromatic rings. The van der Waals surface area contributed by atoms with Crippen molar-refractivity contribution in [2.24, 2.45) is 5.73 Å². The van der Waals surface area contributed by atoms with Gasteiger partial charge in [-0.25, -0.2) is 14.0 Å². The van der Waals surface area contributed by atoms with Crippen LogP contribution in [0.4, 0.5) is 14.2 Å². The maximum Gasteiger partial charge on any atom is 0.417 e. The van der Waals surface area contributed by atoms with Crippen molar-refractivity contribution in [2.75, 3.05) is 11.9 Å². The Bertz CT molecular complexity index is 1630. The molecule has 3 heterocycles. The number of hydrogen-bond acceptors (Lipinski definition) is 7. The fourth-order valence-electron chi connectivity index (χ4n) is 4.11. The number of amides is 3. The number of carbonyl (C=O) groups excluding carboxylic acids is 3. The van der Waals surface area contributed by atoms with Crippen LogP contribution >= 0.6 is 22.9 Å². The number of hydrogen-bond donors (Lipinski definition) is 3. The van der Waals surface area contributed by atoms with Gasteiger partial charge < -0.3 is 25.1 Å². The zero-order chi connectivity index (χ0) is 26.3. The average Bonchev–Trinajstić information content (AvgIpc) is 3.38. The summed E-state index contributed by atoms with van der Waals surface area (Å²) in [5.41, 5.74) is 7.12. The maximum absolute atomic E-state index is 14.1. The van der Waals surface area contributed by atoms with Gasteiger partial charge in [-0.2, -0.15) is 0 Å². The Morgan fingerprint density at radius 2 is 2.05 bits per heavy atom. The highest BCUT2D eigenvalue weighted by molar-refractivity contribution is 7.17. The summed E-state index contributed by atoms with van der Waals surface area (Å²) in [4.78, 5) is 53.6. The molecule has 37 heavy (non-hydrogen) atoms. The van der Waals surface area contributed by atoms with E-state index in [1.54, 1.807) is 17.0 Å². The van der Waals surface area contributed by atoms with Crippen molar-refractivity contribution in [1.29, 1.82) is 0 Å². The van der Waals surface area contributed by atoms with Crippen molar-refractivity contribution in [1.82, 2.24) is 9.88 Å². The lowest BCUT2D eigenvalue weighted by atomic mass is 10.1. The Morgan fingerprint density at radius 1 is 1.24 bits per heavy atom. The Labute approximate surface area is 216 Å². The number of primary amides is 1. The first-order valence-electron chi connectivity index (χ1n) is 11.0. The van der Waals surface area contributed by atoms with Crippen molar-refractivity contribution in [3.63, 3.8) is 0 Å². The van der Waals surface area contributed by atoms with Crippen LogP contribution in [0.5, 0.6) is 5.75 Å². The van der Waals surface area contributed by atoms with Gasteiger partial charge in [-0.15, -0.1) is 11.3 Å². The lowest BCUT2D eigenvalue weighted by molar-refractivity contribution is -0.115. The van der Waals surface area contributed by atoms with Gasteiger partial charge in [0.1, 0.15) is 10.8 Å². The number of halogens is 2. The minimum Gasteiger partial charge on any atom is -0.408 e. The summed E-state index contributed by atoms with van der Waals surface area (Å²) in [5, 5.41) is 3.10. The molecule has 0 radical (unpaired) electrons. The second-order valence-electron chi connectivity index (χ2n) is 8.25. The molecule has 0 saturated carbocycles. The van der Waals surface area contributed by atoms with Gasteiger partial charge in [0.15, 0.2) is 11.3 Å². The van der Waals surface area contributed by atoms with Crippen LogP contribution in [0.25, 0.3) is 11.1 Å². The predicted octanol–water partition coefficient (Wildman–Crippen LogP) is 3.81. The Morgan fingerprint density at radius 3 is 2.81 bits per heavy atom. The molecule has 190 valence electrons. The summed E-state index contributed by atoms with van der Waals surface area (Å²) < 4.78 is 24.4. The topological polar surface area (TPSA) is 148 Å². The summed E-state index contributed by atoms with van der Waals surface area (Å²) >= 11 is 6.90. The first-order chi connectivity index (χ1) is 17.7. The van der Waals surface area contributed by atoms with Crippen LogP contribution in [0.2, 0.25) is 5.02 Å².